The van der Waals surface area contributed by atoms with E-state index in [9.17, 15) is 4.39 Å². The van der Waals surface area contributed by atoms with E-state index in [1.165, 1.54) is 6.07 Å². The van der Waals surface area contributed by atoms with Crippen LogP contribution in [0.3, 0.4) is 0 Å². The molecule has 0 bridgehead atoms. The van der Waals surface area contributed by atoms with E-state index in [-0.39, 0.29) is 11.9 Å². The van der Waals surface area contributed by atoms with Crippen LogP contribution in [-0.4, -0.2) is 14.8 Å². The van der Waals surface area contributed by atoms with E-state index >= 15 is 0 Å². The highest BCUT2D eigenvalue weighted by Crippen LogP contribution is 2.14. The van der Waals surface area contributed by atoms with Gasteiger partial charge in [0.15, 0.2) is 0 Å². The number of nitrogens with one attached hydrogen (secondary N) is 1. The summed E-state index contributed by atoms with van der Waals surface area (Å²) in [5.41, 5.74) is 0.930. The first-order valence-corrected chi connectivity index (χ1v) is 6.91. The number of nitrogens with zero attached hydrogens (tertiary/aromatic N) is 3. The van der Waals surface area contributed by atoms with Gasteiger partial charge >= 0.3 is 0 Å². The first-order chi connectivity index (χ1) is 9.56. The molecule has 108 valence electrons. The summed E-state index contributed by atoms with van der Waals surface area (Å²) in [6.07, 6.45) is 1.58. The molecule has 1 aromatic carbocycles. The Morgan fingerprint density at radius 3 is 2.80 bits per heavy atom. The predicted molar refractivity (Wildman–Crippen MR) is 76.5 cm³/mol. The van der Waals surface area contributed by atoms with E-state index in [1.54, 1.807) is 18.5 Å². The zero-order valence-corrected chi connectivity index (χ0v) is 12.2. The standard InChI is InChI=1S/C15H21FN4/c1-11(2)9-20-15(18-10-19-20)8-17-12(3)13-5-4-6-14(16)7-13/h4-7,10-12,17H,8-9H2,1-3H3. The van der Waals surface area contributed by atoms with Crippen molar-refractivity contribution >= 4 is 0 Å². The van der Waals surface area contributed by atoms with Crippen LogP contribution in [0.4, 0.5) is 4.39 Å². The Balaban J connectivity index is 1.97. The number of aromatic nitrogens is 3. The second-order valence-electron chi connectivity index (χ2n) is 5.41. The number of benzene rings is 1. The molecule has 2 rings (SSSR count). The van der Waals surface area contributed by atoms with Crippen molar-refractivity contribution in [3.05, 3.63) is 47.8 Å². The van der Waals surface area contributed by atoms with Crippen LogP contribution >= 0.6 is 0 Å². The molecule has 2 aromatic rings. The smallest absolute Gasteiger partial charge is 0.140 e. The zero-order valence-electron chi connectivity index (χ0n) is 12.2. The summed E-state index contributed by atoms with van der Waals surface area (Å²) in [7, 11) is 0. The molecule has 0 radical (unpaired) electrons. The summed E-state index contributed by atoms with van der Waals surface area (Å²) >= 11 is 0. The molecule has 20 heavy (non-hydrogen) atoms. The topological polar surface area (TPSA) is 42.7 Å². The van der Waals surface area contributed by atoms with Gasteiger partial charge in [0.2, 0.25) is 0 Å². The molecule has 0 aliphatic rings. The Kier molecular flexibility index (Phi) is 4.84. The fourth-order valence-electron chi connectivity index (χ4n) is 2.06. The van der Waals surface area contributed by atoms with E-state index < -0.39 is 0 Å². The van der Waals surface area contributed by atoms with Crippen LogP contribution < -0.4 is 5.32 Å². The van der Waals surface area contributed by atoms with Crippen molar-refractivity contribution in [2.45, 2.75) is 39.9 Å². The average molecular weight is 276 g/mol. The molecule has 4 nitrogen and oxygen atoms in total. The maximum atomic E-state index is 13.2. The number of rotatable bonds is 6. The normalized spacial score (nSPS) is 12.8. The van der Waals surface area contributed by atoms with Gasteiger partial charge in [0.1, 0.15) is 18.0 Å². The summed E-state index contributed by atoms with van der Waals surface area (Å²) in [5.74, 6) is 1.22. The molecule has 0 aliphatic carbocycles. The van der Waals surface area contributed by atoms with Crippen molar-refractivity contribution in [2.75, 3.05) is 0 Å². The number of halogens is 1. The largest absolute Gasteiger partial charge is 0.303 e. The SMILES string of the molecule is CC(C)Cn1ncnc1CNC(C)c1cccc(F)c1. The summed E-state index contributed by atoms with van der Waals surface area (Å²) in [4.78, 5) is 4.27. The lowest BCUT2D eigenvalue weighted by Crippen LogP contribution is -2.22. The van der Waals surface area contributed by atoms with E-state index in [0.29, 0.717) is 12.5 Å². The van der Waals surface area contributed by atoms with Gasteiger partial charge in [0.25, 0.3) is 0 Å². The van der Waals surface area contributed by atoms with Gasteiger partial charge in [-0.25, -0.2) is 14.1 Å². The molecule has 0 fully saturated rings. The van der Waals surface area contributed by atoms with Crippen molar-refractivity contribution in [2.24, 2.45) is 5.92 Å². The van der Waals surface area contributed by atoms with Gasteiger partial charge in [-0.1, -0.05) is 26.0 Å². The van der Waals surface area contributed by atoms with Crippen molar-refractivity contribution < 1.29 is 4.39 Å². The summed E-state index contributed by atoms with van der Waals surface area (Å²) in [5, 5.41) is 7.58. The van der Waals surface area contributed by atoms with Crippen LogP contribution in [0.5, 0.6) is 0 Å². The number of hydrogen-bond donors (Lipinski definition) is 1. The third-order valence-corrected chi connectivity index (χ3v) is 3.15. The first-order valence-electron chi connectivity index (χ1n) is 6.91. The molecule has 1 atom stereocenters. The molecule has 0 spiro atoms. The molecule has 0 saturated carbocycles. The van der Waals surface area contributed by atoms with Crippen LogP contribution in [0.15, 0.2) is 30.6 Å². The summed E-state index contributed by atoms with van der Waals surface area (Å²) in [6, 6.07) is 6.71. The third-order valence-electron chi connectivity index (χ3n) is 3.15. The highest BCUT2D eigenvalue weighted by Gasteiger charge is 2.09. The van der Waals surface area contributed by atoms with Gasteiger partial charge < -0.3 is 5.32 Å². The number of hydrogen-bond acceptors (Lipinski definition) is 3. The minimum Gasteiger partial charge on any atom is -0.303 e. The van der Waals surface area contributed by atoms with Crippen LogP contribution in [-0.2, 0) is 13.1 Å². The molecular weight excluding hydrogens is 255 g/mol. The van der Waals surface area contributed by atoms with Gasteiger partial charge in [-0.2, -0.15) is 5.10 Å². The highest BCUT2D eigenvalue weighted by atomic mass is 19.1. The second-order valence-corrected chi connectivity index (χ2v) is 5.41. The van der Waals surface area contributed by atoms with E-state index in [1.807, 2.05) is 17.7 Å². The average Bonchev–Trinajstić information content (AvgIpc) is 2.82. The third kappa shape index (κ3) is 3.87. The minimum absolute atomic E-state index is 0.0647. The summed E-state index contributed by atoms with van der Waals surface area (Å²) < 4.78 is 15.1. The Labute approximate surface area is 119 Å². The van der Waals surface area contributed by atoms with Crippen LogP contribution in [0.2, 0.25) is 0 Å². The lowest BCUT2D eigenvalue weighted by atomic mass is 10.1. The first kappa shape index (κ1) is 14.7. The van der Waals surface area contributed by atoms with Gasteiger partial charge in [0, 0.05) is 12.6 Å². The molecule has 1 unspecified atom stereocenters. The Hall–Kier alpha value is -1.75. The second kappa shape index (κ2) is 6.61. The van der Waals surface area contributed by atoms with Crippen LogP contribution in [0.1, 0.15) is 38.2 Å². The van der Waals surface area contributed by atoms with Crippen LogP contribution in [0.25, 0.3) is 0 Å². The molecule has 1 heterocycles. The lowest BCUT2D eigenvalue weighted by molar-refractivity contribution is 0.449. The highest BCUT2D eigenvalue weighted by molar-refractivity contribution is 5.19. The maximum absolute atomic E-state index is 13.2. The minimum atomic E-state index is -0.209. The van der Waals surface area contributed by atoms with Crippen molar-refractivity contribution in [3.63, 3.8) is 0 Å². The Morgan fingerprint density at radius 1 is 1.30 bits per heavy atom. The molecule has 0 aliphatic heterocycles. The molecule has 1 aromatic heterocycles. The fourth-order valence-corrected chi connectivity index (χ4v) is 2.06. The molecule has 0 saturated heterocycles. The Bertz CT molecular complexity index is 550. The van der Waals surface area contributed by atoms with Crippen LogP contribution in [0, 0.1) is 11.7 Å². The fraction of sp³-hybridized carbons (Fsp3) is 0.467. The molecule has 1 N–H and O–H groups in total. The van der Waals surface area contributed by atoms with Gasteiger partial charge in [-0.3, -0.25) is 0 Å². The van der Waals surface area contributed by atoms with Crippen molar-refractivity contribution in [3.8, 4) is 0 Å². The quantitative estimate of drug-likeness (QED) is 0.882. The monoisotopic (exact) mass is 276 g/mol. The van der Waals surface area contributed by atoms with Crippen molar-refractivity contribution in [1.29, 1.82) is 0 Å². The molecule has 5 heteroatoms. The maximum Gasteiger partial charge on any atom is 0.140 e. The van der Waals surface area contributed by atoms with E-state index in [4.69, 9.17) is 0 Å². The van der Waals surface area contributed by atoms with Gasteiger partial charge in [-0.05, 0) is 30.5 Å². The molecule has 0 amide bonds. The molecular formula is C15H21FN4. The zero-order chi connectivity index (χ0) is 14.5. The summed E-state index contributed by atoms with van der Waals surface area (Å²) in [6.45, 7) is 7.77. The van der Waals surface area contributed by atoms with Crippen molar-refractivity contribution in [1.82, 2.24) is 20.1 Å². The predicted octanol–water partition coefficient (Wildman–Crippen LogP) is 2.92. The Morgan fingerprint density at radius 2 is 2.10 bits per heavy atom. The van der Waals surface area contributed by atoms with Gasteiger partial charge in [-0.15, -0.1) is 0 Å². The van der Waals surface area contributed by atoms with E-state index in [0.717, 1.165) is 17.9 Å². The van der Waals surface area contributed by atoms with Gasteiger partial charge in [0.05, 0.1) is 6.54 Å². The lowest BCUT2D eigenvalue weighted by Gasteiger charge is -2.15. The van der Waals surface area contributed by atoms with E-state index in [2.05, 4.69) is 29.2 Å².